The number of carboxylic acid groups (broad SMARTS) is 1. The highest BCUT2D eigenvalue weighted by atomic mass is 16.5. The lowest BCUT2D eigenvalue weighted by atomic mass is 9.90. The quantitative estimate of drug-likeness (QED) is 0.910. The summed E-state index contributed by atoms with van der Waals surface area (Å²) in [6, 6.07) is 16.7. The van der Waals surface area contributed by atoms with E-state index < -0.39 is 5.97 Å². The standard InChI is InChI=1S/C21H21NO4/c23-19(22-11-9-21(10-12-22)14-18(21)20(24)25)15-5-4-8-17(13-15)26-16-6-2-1-3-7-16/h1-8,13,18H,9-12,14H2,(H,24,25). The van der Waals surface area contributed by atoms with Gasteiger partial charge < -0.3 is 14.7 Å². The molecule has 4 rings (SSSR count). The van der Waals surface area contributed by atoms with Crippen LogP contribution in [0.1, 0.15) is 29.6 Å². The zero-order valence-electron chi connectivity index (χ0n) is 14.4. The summed E-state index contributed by atoms with van der Waals surface area (Å²) in [6.07, 6.45) is 2.30. The van der Waals surface area contributed by atoms with Gasteiger partial charge in [-0.25, -0.2) is 0 Å². The molecule has 1 aliphatic carbocycles. The van der Waals surface area contributed by atoms with Crippen molar-refractivity contribution < 1.29 is 19.4 Å². The van der Waals surface area contributed by atoms with Gasteiger partial charge in [0.15, 0.2) is 0 Å². The van der Waals surface area contributed by atoms with Crippen LogP contribution in [0.2, 0.25) is 0 Å². The highest BCUT2D eigenvalue weighted by molar-refractivity contribution is 5.94. The summed E-state index contributed by atoms with van der Waals surface area (Å²) in [5, 5.41) is 9.18. The lowest BCUT2D eigenvalue weighted by Gasteiger charge is -2.32. The number of carbonyl (C=O) groups excluding carboxylic acids is 1. The zero-order valence-corrected chi connectivity index (χ0v) is 14.4. The van der Waals surface area contributed by atoms with Crippen LogP contribution < -0.4 is 4.74 Å². The van der Waals surface area contributed by atoms with Crippen LogP contribution in [0.5, 0.6) is 11.5 Å². The fourth-order valence-corrected chi connectivity index (χ4v) is 3.90. The normalized spacial score (nSPS) is 20.6. The number of hydrogen-bond acceptors (Lipinski definition) is 3. The first-order valence-electron chi connectivity index (χ1n) is 8.92. The number of aliphatic carboxylic acids is 1. The minimum Gasteiger partial charge on any atom is -0.481 e. The molecule has 1 spiro atoms. The van der Waals surface area contributed by atoms with E-state index in [-0.39, 0.29) is 17.2 Å². The van der Waals surface area contributed by atoms with Crippen molar-refractivity contribution in [3.63, 3.8) is 0 Å². The Balaban J connectivity index is 1.41. The maximum atomic E-state index is 12.8. The van der Waals surface area contributed by atoms with E-state index >= 15 is 0 Å². The molecule has 2 aromatic rings. The third-order valence-corrected chi connectivity index (χ3v) is 5.59. The Bertz CT molecular complexity index is 825. The SMILES string of the molecule is O=C(O)C1CC12CCN(C(=O)c1cccc(Oc3ccccc3)c1)CC2. The summed E-state index contributed by atoms with van der Waals surface area (Å²) in [6.45, 7) is 1.23. The molecule has 1 amide bonds. The predicted molar refractivity (Wildman–Crippen MR) is 96.3 cm³/mol. The van der Waals surface area contributed by atoms with Crippen molar-refractivity contribution in [2.75, 3.05) is 13.1 Å². The molecule has 5 heteroatoms. The molecule has 2 aliphatic rings. The molecule has 1 saturated heterocycles. The molecule has 1 unspecified atom stereocenters. The molecule has 0 bridgehead atoms. The number of para-hydroxylation sites is 1. The van der Waals surface area contributed by atoms with Crippen molar-refractivity contribution in [2.45, 2.75) is 19.3 Å². The Labute approximate surface area is 152 Å². The molecule has 2 fully saturated rings. The van der Waals surface area contributed by atoms with Crippen molar-refractivity contribution >= 4 is 11.9 Å². The average Bonchev–Trinajstić information content (AvgIpc) is 3.37. The van der Waals surface area contributed by atoms with Gasteiger partial charge in [-0.2, -0.15) is 0 Å². The predicted octanol–water partition coefficient (Wildman–Crippen LogP) is 3.81. The second-order valence-electron chi connectivity index (χ2n) is 7.19. The van der Waals surface area contributed by atoms with Gasteiger partial charge in [-0.15, -0.1) is 0 Å². The number of ether oxygens (including phenoxy) is 1. The van der Waals surface area contributed by atoms with Gasteiger partial charge in [0.2, 0.25) is 0 Å². The molecule has 0 aromatic heterocycles. The summed E-state index contributed by atoms with van der Waals surface area (Å²) in [5.41, 5.74) is 0.529. The first-order valence-corrected chi connectivity index (χ1v) is 8.92. The zero-order chi connectivity index (χ0) is 18.1. The number of carboxylic acids is 1. The minimum atomic E-state index is -0.699. The number of carbonyl (C=O) groups is 2. The first-order chi connectivity index (χ1) is 12.6. The maximum absolute atomic E-state index is 12.8. The van der Waals surface area contributed by atoms with Crippen molar-refractivity contribution in [1.29, 1.82) is 0 Å². The maximum Gasteiger partial charge on any atom is 0.307 e. The van der Waals surface area contributed by atoms with E-state index in [4.69, 9.17) is 4.74 Å². The van der Waals surface area contributed by atoms with Gasteiger partial charge in [0.1, 0.15) is 11.5 Å². The van der Waals surface area contributed by atoms with Crippen molar-refractivity contribution in [3.05, 3.63) is 60.2 Å². The van der Waals surface area contributed by atoms with Crippen LogP contribution in [-0.4, -0.2) is 35.0 Å². The van der Waals surface area contributed by atoms with Crippen LogP contribution in [0, 0.1) is 11.3 Å². The van der Waals surface area contributed by atoms with Crippen LogP contribution in [0.25, 0.3) is 0 Å². The van der Waals surface area contributed by atoms with Crippen LogP contribution in [0.3, 0.4) is 0 Å². The van der Waals surface area contributed by atoms with E-state index in [1.807, 2.05) is 47.4 Å². The Hall–Kier alpha value is -2.82. The molecule has 134 valence electrons. The third-order valence-electron chi connectivity index (χ3n) is 5.59. The molecule has 1 heterocycles. The third kappa shape index (κ3) is 3.17. The molecule has 1 N–H and O–H groups in total. The molecule has 1 atom stereocenters. The second kappa shape index (κ2) is 6.48. The Morgan fingerprint density at radius 2 is 1.69 bits per heavy atom. The molecular formula is C21H21NO4. The molecule has 2 aromatic carbocycles. The number of hydrogen-bond donors (Lipinski definition) is 1. The van der Waals surface area contributed by atoms with E-state index in [1.165, 1.54) is 0 Å². The van der Waals surface area contributed by atoms with Gasteiger partial charge in [-0.1, -0.05) is 24.3 Å². The van der Waals surface area contributed by atoms with E-state index in [0.29, 0.717) is 24.4 Å². The first kappa shape index (κ1) is 16.6. The van der Waals surface area contributed by atoms with Crippen molar-refractivity contribution in [1.82, 2.24) is 4.90 Å². The summed E-state index contributed by atoms with van der Waals surface area (Å²) in [7, 11) is 0. The van der Waals surface area contributed by atoms with E-state index in [0.717, 1.165) is 25.0 Å². The number of piperidine rings is 1. The molecule has 26 heavy (non-hydrogen) atoms. The van der Waals surface area contributed by atoms with Crippen molar-refractivity contribution in [2.24, 2.45) is 11.3 Å². The van der Waals surface area contributed by atoms with Crippen LogP contribution in [0.15, 0.2) is 54.6 Å². The van der Waals surface area contributed by atoms with Gasteiger partial charge in [-0.05, 0) is 55.0 Å². The van der Waals surface area contributed by atoms with Crippen LogP contribution in [0.4, 0.5) is 0 Å². The number of rotatable bonds is 4. The molecule has 5 nitrogen and oxygen atoms in total. The summed E-state index contributed by atoms with van der Waals surface area (Å²) >= 11 is 0. The van der Waals surface area contributed by atoms with Gasteiger partial charge in [-0.3, -0.25) is 9.59 Å². The number of amides is 1. The molecular weight excluding hydrogens is 330 g/mol. The lowest BCUT2D eigenvalue weighted by Crippen LogP contribution is -2.40. The van der Waals surface area contributed by atoms with E-state index in [9.17, 15) is 14.7 Å². The number of nitrogens with zero attached hydrogens (tertiary/aromatic N) is 1. The fraction of sp³-hybridized carbons (Fsp3) is 0.333. The Morgan fingerprint density at radius 1 is 1.00 bits per heavy atom. The van der Waals surface area contributed by atoms with Gasteiger partial charge in [0.05, 0.1) is 5.92 Å². The topological polar surface area (TPSA) is 66.8 Å². The summed E-state index contributed by atoms with van der Waals surface area (Å²) in [4.78, 5) is 25.8. The van der Waals surface area contributed by atoms with Crippen LogP contribution in [-0.2, 0) is 4.79 Å². The highest BCUT2D eigenvalue weighted by Crippen LogP contribution is 2.59. The summed E-state index contributed by atoms with van der Waals surface area (Å²) in [5.74, 6) is 0.415. The van der Waals surface area contributed by atoms with Crippen LogP contribution >= 0.6 is 0 Å². The largest absolute Gasteiger partial charge is 0.481 e. The second-order valence-corrected chi connectivity index (χ2v) is 7.19. The van der Waals surface area contributed by atoms with E-state index in [2.05, 4.69) is 0 Å². The minimum absolute atomic E-state index is 0.0223. The average molecular weight is 351 g/mol. The summed E-state index contributed by atoms with van der Waals surface area (Å²) < 4.78 is 5.80. The van der Waals surface area contributed by atoms with Crippen molar-refractivity contribution in [3.8, 4) is 11.5 Å². The molecule has 1 saturated carbocycles. The molecule has 1 aliphatic heterocycles. The Morgan fingerprint density at radius 3 is 2.35 bits per heavy atom. The number of likely N-dealkylation sites (tertiary alicyclic amines) is 1. The Kier molecular flexibility index (Phi) is 4.15. The van der Waals surface area contributed by atoms with Gasteiger partial charge in [0.25, 0.3) is 5.91 Å². The lowest BCUT2D eigenvalue weighted by molar-refractivity contribution is -0.139. The fourth-order valence-electron chi connectivity index (χ4n) is 3.90. The van der Waals surface area contributed by atoms with E-state index in [1.54, 1.807) is 12.1 Å². The van der Waals surface area contributed by atoms with Gasteiger partial charge >= 0.3 is 5.97 Å². The number of benzene rings is 2. The van der Waals surface area contributed by atoms with Gasteiger partial charge in [0, 0.05) is 18.7 Å². The highest BCUT2D eigenvalue weighted by Gasteiger charge is 2.59. The molecule has 0 radical (unpaired) electrons. The smallest absolute Gasteiger partial charge is 0.307 e. The monoisotopic (exact) mass is 351 g/mol.